The fourth-order valence-corrected chi connectivity index (χ4v) is 2.49. The first-order valence-corrected chi connectivity index (χ1v) is 5.96. The number of nitrogens with one attached hydrogen (secondary N) is 1. The van der Waals surface area contributed by atoms with E-state index in [-0.39, 0.29) is 6.03 Å². The van der Waals surface area contributed by atoms with Crippen LogP contribution < -0.4 is 5.32 Å². The molecule has 2 fully saturated rings. The quantitative estimate of drug-likeness (QED) is 0.699. The Morgan fingerprint density at radius 3 is 2.87 bits per heavy atom. The Hall–Kier alpha value is -0.770. The first-order valence-electron chi connectivity index (χ1n) is 5.96. The molecule has 0 aromatic rings. The van der Waals surface area contributed by atoms with Crippen LogP contribution in [0.3, 0.4) is 0 Å². The van der Waals surface area contributed by atoms with Gasteiger partial charge in [0.05, 0.1) is 0 Å². The molecule has 2 bridgehead atoms. The Kier molecular flexibility index (Phi) is 3.14. The summed E-state index contributed by atoms with van der Waals surface area (Å²) in [6.45, 7) is 4.61. The van der Waals surface area contributed by atoms with E-state index in [1.807, 2.05) is 18.9 Å². The van der Waals surface area contributed by atoms with Gasteiger partial charge in [-0.1, -0.05) is 0 Å². The van der Waals surface area contributed by atoms with Gasteiger partial charge in [-0.25, -0.2) is 4.79 Å². The summed E-state index contributed by atoms with van der Waals surface area (Å²) < 4.78 is 0. The average Bonchev–Trinajstić information content (AvgIpc) is 2.56. The molecule has 2 atom stereocenters. The second-order valence-corrected chi connectivity index (χ2v) is 4.67. The summed E-state index contributed by atoms with van der Waals surface area (Å²) in [6, 6.07) is 1.37. The average molecular weight is 211 g/mol. The zero-order valence-corrected chi connectivity index (χ0v) is 9.70. The zero-order valence-electron chi connectivity index (χ0n) is 9.70. The molecule has 0 aromatic heterocycles. The number of nitrogens with zero attached hydrogens (tertiary/aromatic N) is 2. The van der Waals surface area contributed by atoms with E-state index in [1.165, 1.54) is 12.8 Å². The first kappa shape index (κ1) is 10.7. The molecular formula is C11H21N3O. The van der Waals surface area contributed by atoms with Gasteiger partial charge in [-0.15, -0.1) is 0 Å². The van der Waals surface area contributed by atoms with Gasteiger partial charge in [0, 0.05) is 38.8 Å². The number of amides is 2. The van der Waals surface area contributed by atoms with Gasteiger partial charge in [0.1, 0.15) is 0 Å². The normalized spacial score (nSPS) is 30.1. The molecule has 0 radical (unpaired) electrons. The molecule has 2 aliphatic rings. The van der Waals surface area contributed by atoms with E-state index in [0.717, 1.165) is 26.1 Å². The minimum absolute atomic E-state index is 0.187. The van der Waals surface area contributed by atoms with Crippen molar-refractivity contribution in [1.29, 1.82) is 0 Å². The van der Waals surface area contributed by atoms with E-state index in [1.54, 1.807) is 4.90 Å². The molecule has 2 rings (SSSR count). The molecule has 2 aliphatic heterocycles. The Morgan fingerprint density at radius 2 is 2.13 bits per heavy atom. The van der Waals surface area contributed by atoms with Crippen molar-refractivity contribution in [2.75, 3.05) is 26.7 Å². The van der Waals surface area contributed by atoms with Gasteiger partial charge in [-0.05, 0) is 26.2 Å². The molecular weight excluding hydrogens is 190 g/mol. The lowest BCUT2D eigenvalue weighted by Gasteiger charge is -2.28. The number of hydrogen-bond donors (Lipinski definition) is 1. The second kappa shape index (κ2) is 4.39. The fourth-order valence-electron chi connectivity index (χ4n) is 2.49. The summed E-state index contributed by atoms with van der Waals surface area (Å²) >= 11 is 0. The van der Waals surface area contributed by atoms with Crippen LogP contribution in [-0.2, 0) is 0 Å². The summed E-state index contributed by atoms with van der Waals surface area (Å²) in [4.78, 5) is 15.8. The molecule has 0 spiro atoms. The van der Waals surface area contributed by atoms with Crippen molar-refractivity contribution in [2.45, 2.75) is 38.3 Å². The van der Waals surface area contributed by atoms with E-state index in [0.29, 0.717) is 12.1 Å². The lowest BCUT2D eigenvalue weighted by atomic mass is 10.1. The topological polar surface area (TPSA) is 35.6 Å². The van der Waals surface area contributed by atoms with Crippen molar-refractivity contribution in [2.24, 2.45) is 0 Å². The summed E-state index contributed by atoms with van der Waals surface area (Å²) in [6.07, 6.45) is 3.63. The predicted octanol–water partition coefficient (Wildman–Crippen LogP) is 0.884. The van der Waals surface area contributed by atoms with Crippen LogP contribution in [0.1, 0.15) is 26.2 Å². The monoisotopic (exact) mass is 211 g/mol. The molecule has 15 heavy (non-hydrogen) atoms. The molecule has 0 saturated carbocycles. The van der Waals surface area contributed by atoms with Gasteiger partial charge in [0.2, 0.25) is 0 Å². The number of hydrogen-bond acceptors (Lipinski definition) is 2. The third-order valence-electron chi connectivity index (χ3n) is 3.59. The summed E-state index contributed by atoms with van der Waals surface area (Å²) in [5.41, 5.74) is 0. The van der Waals surface area contributed by atoms with Gasteiger partial charge < -0.3 is 15.1 Å². The van der Waals surface area contributed by atoms with Gasteiger partial charge in [0.25, 0.3) is 0 Å². The van der Waals surface area contributed by atoms with E-state index in [2.05, 4.69) is 5.32 Å². The summed E-state index contributed by atoms with van der Waals surface area (Å²) in [5.74, 6) is 0. The Labute approximate surface area is 91.6 Å². The summed E-state index contributed by atoms with van der Waals surface area (Å²) in [5, 5.41) is 3.58. The molecule has 2 saturated heterocycles. The third-order valence-corrected chi connectivity index (χ3v) is 3.59. The van der Waals surface area contributed by atoms with E-state index >= 15 is 0 Å². The molecule has 4 heteroatoms. The maximum atomic E-state index is 12.0. The SMILES string of the molecule is CCN(C)C(=O)N1CCC2CCC(C1)N2. The molecule has 4 nitrogen and oxygen atoms in total. The van der Waals surface area contributed by atoms with Crippen LogP contribution in [0.15, 0.2) is 0 Å². The second-order valence-electron chi connectivity index (χ2n) is 4.67. The molecule has 2 heterocycles. The van der Waals surface area contributed by atoms with Crippen molar-refractivity contribution in [1.82, 2.24) is 15.1 Å². The number of carbonyl (C=O) groups excluding carboxylic acids is 1. The minimum Gasteiger partial charge on any atom is -0.328 e. The standard InChI is InChI=1S/C11H21N3O/c1-3-13(2)11(15)14-7-6-9-4-5-10(8-14)12-9/h9-10,12H,3-8H2,1-2H3. The molecule has 86 valence electrons. The molecule has 1 N–H and O–H groups in total. The largest absolute Gasteiger partial charge is 0.328 e. The Morgan fingerprint density at radius 1 is 1.40 bits per heavy atom. The van der Waals surface area contributed by atoms with Gasteiger partial charge in [-0.2, -0.15) is 0 Å². The van der Waals surface area contributed by atoms with Crippen LogP contribution in [-0.4, -0.2) is 54.6 Å². The van der Waals surface area contributed by atoms with Crippen LogP contribution in [0.4, 0.5) is 4.79 Å². The smallest absolute Gasteiger partial charge is 0.319 e. The van der Waals surface area contributed by atoms with Crippen molar-refractivity contribution in [3.63, 3.8) is 0 Å². The maximum Gasteiger partial charge on any atom is 0.319 e. The van der Waals surface area contributed by atoms with Crippen molar-refractivity contribution >= 4 is 6.03 Å². The van der Waals surface area contributed by atoms with Gasteiger partial charge >= 0.3 is 6.03 Å². The number of fused-ring (bicyclic) bond motifs is 2. The fraction of sp³-hybridized carbons (Fsp3) is 0.909. The number of carbonyl (C=O) groups is 1. The van der Waals surface area contributed by atoms with Gasteiger partial charge in [-0.3, -0.25) is 0 Å². The highest BCUT2D eigenvalue weighted by Gasteiger charge is 2.31. The lowest BCUT2D eigenvalue weighted by molar-refractivity contribution is 0.162. The molecule has 2 unspecified atom stereocenters. The third kappa shape index (κ3) is 2.25. The predicted molar refractivity (Wildman–Crippen MR) is 59.8 cm³/mol. The van der Waals surface area contributed by atoms with Crippen LogP contribution in [0.5, 0.6) is 0 Å². The minimum atomic E-state index is 0.187. The molecule has 2 amide bonds. The lowest BCUT2D eigenvalue weighted by Crippen LogP contribution is -2.45. The Bertz CT molecular complexity index is 244. The van der Waals surface area contributed by atoms with Crippen LogP contribution >= 0.6 is 0 Å². The number of likely N-dealkylation sites (tertiary alicyclic amines) is 1. The van der Waals surface area contributed by atoms with Crippen LogP contribution in [0.25, 0.3) is 0 Å². The van der Waals surface area contributed by atoms with Crippen LogP contribution in [0, 0.1) is 0 Å². The van der Waals surface area contributed by atoms with Crippen LogP contribution in [0.2, 0.25) is 0 Å². The Balaban J connectivity index is 1.95. The van der Waals surface area contributed by atoms with Crippen molar-refractivity contribution in [3.05, 3.63) is 0 Å². The van der Waals surface area contributed by atoms with E-state index in [9.17, 15) is 4.79 Å². The maximum absolute atomic E-state index is 12.0. The van der Waals surface area contributed by atoms with Gasteiger partial charge in [0.15, 0.2) is 0 Å². The highest BCUT2D eigenvalue weighted by atomic mass is 16.2. The number of rotatable bonds is 1. The van der Waals surface area contributed by atoms with E-state index in [4.69, 9.17) is 0 Å². The highest BCUT2D eigenvalue weighted by Crippen LogP contribution is 2.20. The molecule has 0 aliphatic carbocycles. The zero-order chi connectivity index (χ0) is 10.8. The number of urea groups is 1. The molecule has 0 aromatic carbocycles. The van der Waals surface area contributed by atoms with Crippen molar-refractivity contribution < 1.29 is 4.79 Å². The van der Waals surface area contributed by atoms with E-state index < -0.39 is 0 Å². The highest BCUT2D eigenvalue weighted by molar-refractivity contribution is 5.74. The first-order chi connectivity index (χ1) is 7.20. The van der Waals surface area contributed by atoms with Crippen molar-refractivity contribution in [3.8, 4) is 0 Å². The summed E-state index contributed by atoms with van der Waals surface area (Å²) in [7, 11) is 1.87.